The van der Waals surface area contributed by atoms with Gasteiger partial charge < -0.3 is 4.74 Å². The summed E-state index contributed by atoms with van der Waals surface area (Å²) in [5.74, 6) is 0.163. The maximum Gasteiger partial charge on any atom is 0.261 e. The van der Waals surface area contributed by atoms with Gasteiger partial charge in [-0.05, 0) is 25.1 Å². The van der Waals surface area contributed by atoms with E-state index in [1.165, 1.54) is 18.4 Å². The molecular weight excluding hydrogens is 344 g/mol. The fraction of sp³-hybridized carbons (Fsp3) is 0.111. The first-order valence-corrected chi connectivity index (χ1v) is 8.45. The Bertz CT molecular complexity index is 878. The van der Waals surface area contributed by atoms with Gasteiger partial charge in [0.1, 0.15) is 5.75 Å². The third-order valence-electron chi connectivity index (χ3n) is 3.47. The first-order valence-electron chi connectivity index (χ1n) is 7.26. The summed E-state index contributed by atoms with van der Waals surface area (Å²) in [5.41, 5.74) is 2.26. The summed E-state index contributed by atoms with van der Waals surface area (Å²) < 4.78 is 5.22. The van der Waals surface area contributed by atoms with E-state index in [-0.39, 0.29) is 5.91 Å². The van der Waals surface area contributed by atoms with Gasteiger partial charge in [-0.25, -0.2) is 4.98 Å². The molecule has 0 atom stereocenters. The highest BCUT2D eigenvalue weighted by molar-refractivity contribution is 7.16. The van der Waals surface area contributed by atoms with Crippen LogP contribution in [0.25, 0.3) is 11.3 Å². The van der Waals surface area contributed by atoms with E-state index in [4.69, 9.17) is 16.3 Å². The molecule has 122 valence electrons. The average molecular weight is 359 g/mol. The van der Waals surface area contributed by atoms with Crippen molar-refractivity contribution >= 4 is 34.0 Å². The molecule has 6 heteroatoms. The lowest BCUT2D eigenvalue weighted by molar-refractivity contribution is 0.102. The molecule has 1 aromatic heterocycles. The van der Waals surface area contributed by atoms with Gasteiger partial charge in [0.25, 0.3) is 5.91 Å². The molecule has 0 aliphatic heterocycles. The first kappa shape index (κ1) is 16.5. The Balaban J connectivity index is 1.87. The van der Waals surface area contributed by atoms with Crippen LogP contribution in [0.15, 0.2) is 48.5 Å². The number of rotatable bonds is 4. The van der Waals surface area contributed by atoms with E-state index in [0.29, 0.717) is 21.5 Å². The number of nitrogens with zero attached hydrogens (tertiary/aromatic N) is 1. The van der Waals surface area contributed by atoms with E-state index in [2.05, 4.69) is 10.3 Å². The number of amides is 1. The van der Waals surface area contributed by atoms with Gasteiger partial charge in [0.05, 0.1) is 18.4 Å². The Morgan fingerprint density at radius 1 is 1.21 bits per heavy atom. The molecule has 0 bridgehead atoms. The van der Waals surface area contributed by atoms with E-state index in [1.807, 2.05) is 37.3 Å². The summed E-state index contributed by atoms with van der Waals surface area (Å²) in [7, 11) is 1.51. The van der Waals surface area contributed by atoms with Crippen LogP contribution in [0.1, 0.15) is 15.2 Å². The van der Waals surface area contributed by atoms with Crippen LogP contribution < -0.4 is 10.1 Å². The average Bonchev–Trinajstić information content (AvgIpc) is 2.96. The van der Waals surface area contributed by atoms with Gasteiger partial charge in [-0.15, -0.1) is 11.3 Å². The molecule has 1 amide bonds. The number of methoxy groups -OCH3 is 1. The number of aromatic nitrogens is 1. The molecule has 3 aromatic rings. The van der Waals surface area contributed by atoms with Crippen LogP contribution in [0.3, 0.4) is 0 Å². The highest BCUT2D eigenvalue weighted by atomic mass is 35.5. The molecule has 0 unspecified atom stereocenters. The van der Waals surface area contributed by atoms with Crippen LogP contribution in [-0.4, -0.2) is 18.0 Å². The largest absolute Gasteiger partial charge is 0.496 e. The Hall–Kier alpha value is -2.37. The lowest BCUT2D eigenvalue weighted by Crippen LogP contribution is -2.13. The zero-order chi connectivity index (χ0) is 17.1. The molecule has 24 heavy (non-hydrogen) atoms. The van der Waals surface area contributed by atoms with Crippen LogP contribution in [0, 0.1) is 6.92 Å². The number of hydrogen-bond acceptors (Lipinski definition) is 4. The van der Waals surface area contributed by atoms with Crippen molar-refractivity contribution < 1.29 is 9.53 Å². The van der Waals surface area contributed by atoms with Gasteiger partial charge in [0.15, 0.2) is 5.13 Å². The standard InChI is InChI=1S/C18H15ClN2O2S/c1-11-16(12-6-4-3-5-7-12)20-18(24-11)21-17(22)14-10-13(19)8-9-15(14)23-2/h3-10H,1-2H3,(H,20,21,22). The minimum Gasteiger partial charge on any atom is -0.496 e. The predicted octanol–water partition coefficient (Wildman–Crippen LogP) is 5.03. The van der Waals surface area contributed by atoms with Crippen LogP contribution in [0.2, 0.25) is 5.02 Å². The summed E-state index contributed by atoms with van der Waals surface area (Å²) in [5, 5.41) is 3.83. The molecule has 0 aliphatic rings. The maximum atomic E-state index is 12.5. The zero-order valence-electron chi connectivity index (χ0n) is 13.2. The lowest BCUT2D eigenvalue weighted by atomic mass is 10.1. The van der Waals surface area contributed by atoms with Gasteiger partial charge in [0.2, 0.25) is 0 Å². The fourth-order valence-corrected chi connectivity index (χ4v) is 3.34. The summed E-state index contributed by atoms with van der Waals surface area (Å²) in [6.07, 6.45) is 0. The van der Waals surface area contributed by atoms with Crippen LogP contribution in [0.4, 0.5) is 5.13 Å². The van der Waals surface area contributed by atoms with Gasteiger partial charge >= 0.3 is 0 Å². The number of carbonyl (C=O) groups is 1. The monoisotopic (exact) mass is 358 g/mol. The second-order valence-corrected chi connectivity index (χ2v) is 6.73. The normalized spacial score (nSPS) is 10.5. The molecule has 0 radical (unpaired) electrons. The highest BCUT2D eigenvalue weighted by Crippen LogP contribution is 2.31. The fourth-order valence-electron chi connectivity index (χ4n) is 2.34. The van der Waals surface area contributed by atoms with E-state index in [9.17, 15) is 4.79 Å². The molecule has 3 rings (SSSR count). The van der Waals surface area contributed by atoms with Crippen molar-refractivity contribution in [3.63, 3.8) is 0 Å². The lowest BCUT2D eigenvalue weighted by Gasteiger charge is -2.08. The van der Waals surface area contributed by atoms with Crippen molar-refractivity contribution in [3.05, 3.63) is 64.0 Å². The van der Waals surface area contributed by atoms with E-state index in [1.54, 1.807) is 18.2 Å². The topological polar surface area (TPSA) is 51.2 Å². The number of thiazole rings is 1. The smallest absolute Gasteiger partial charge is 0.261 e. The van der Waals surface area contributed by atoms with E-state index < -0.39 is 0 Å². The minimum atomic E-state index is -0.303. The Kier molecular flexibility index (Phi) is 4.83. The maximum absolute atomic E-state index is 12.5. The highest BCUT2D eigenvalue weighted by Gasteiger charge is 2.16. The third kappa shape index (κ3) is 3.42. The number of halogens is 1. The number of ether oxygens (including phenoxy) is 1. The van der Waals surface area contributed by atoms with Gasteiger partial charge in [-0.1, -0.05) is 41.9 Å². The van der Waals surface area contributed by atoms with Crippen molar-refractivity contribution in [3.8, 4) is 17.0 Å². The molecule has 4 nitrogen and oxygen atoms in total. The Labute approximate surface area is 149 Å². The van der Waals surface area contributed by atoms with Crippen LogP contribution >= 0.6 is 22.9 Å². The van der Waals surface area contributed by atoms with Gasteiger partial charge in [-0.3, -0.25) is 10.1 Å². The van der Waals surface area contributed by atoms with Crippen molar-refractivity contribution in [2.24, 2.45) is 0 Å². The van der Waals surface area contributed by atoms with E-state index >= 15 is 0 Å². The minimum absolute atomic E-state index is 0.303. The third-order valence-corrected chi connectivity index (χ3v) is 4.59. The van der Waals surface area contributed by atoms with Crippen molar-refractivity contribution in [2.75, 3.05) is 12.4 Å². The molecule has 2 aromatic carbocycles. The molecule has 0 fully saturated rings. The second-order valence-electron chi connectivity index (χ2n) is 5.09. The summed E-state index contributed by atoms with van der Waals surface area (Å²) in [6, 6.07) is 14.8. The summed E-state index contributed by atoms with van der Waals surface area (Å²) in [6.45, 7) is 1.98. The van der Waals surface area contributed by atoms with Gasteiger partial charge in [0, 0.05) is 15.5 Å². The number of benzene rings is 2. The number of aryl methyl sites for hydroxylation is 1. The SMILES string of the molecule is COc1ccc(Cl)cc1C(=O)Nc1nc(-c2ccccc2)c(C)s1. The number of carbonyl (C=O) groups excluding carboxylic acids is 1. The molecule has 0 spiro atoms. The molecule has 1 N–H and O–H groups in total. The van der Waals surface area contributed by atoms with Crippen LogP contribution in [0.5, 0.6) is 5.75 Å². The van der Waals surface area contributed by atoms with Crippen molar-refractivity contribution in [1.29, 1.82) is 0 Å². The zero-order valence-corrected chi connectivity index (χ0v) is 14.7. The molecule has 0 saturated carbocycles. The Morgan fingerprint density at radius 3 is 2.67 bits per heavy atom. The number of nitrogens with one attached hydrogen (secondary N) is 1. The predicted molar refractivity (Wildman–Crippen MR) is 98.2 cm³/mol. The number of hydrogen-bond donors (Lipinski definition) is 1. The van der Waals surface area contributed by atoms with E-state index in [0.717, 1.165) is 16.1 Å². The van der Waals surface area contributed by atoms with Crippen molar-refractivity contribution in [2.45, 2.75) is 6.92 Å². The first-order chi connectivity index (χ1) is 11.6. The summed E-state index contributed by atoms with van der Waals surface area (Å²) in [4.78, 5) is 18.1. The molecule has 0 aliphatic carbocycles. The number of anilines is 1. The molecule has 0 saturated heterocycles. The molecular formula is C18H15ClN2O2S. The van der Waals surface area contributed by atoms with Crippen molar-refractivity contribution in [1.82, 2.24) is 4.98 Å². The quantitative estimate of drug-likeness (QED) is 0.711. The van der Waals surface area contributed by atoms with Crippen LogP contribution in [-0.2, 0) is 0 Å². The molecule has 1 heterocycles. The Morgan fingerprint density at radius 2 is 1.96 bits per heavy atom. The summed E-state index contributed by atoms with van der Waals surface area (Å²) >= 11 is 7.41. The second kappa shape index (κ2) is 7.03. The van der Waals surface area contributed by atoms with Gasteiger partial charge in [-0.2, -0.15) is 0 Å².